The molecule has 0 aliphatic rings. The van der Waals surface area contributed by atoms with Crippen LogP contribution in [0.1, 0.15) is 37.5 Å². The third-order valence-corrected chi connectivity index (χ3v) is 5.72. The van der Waals surface area contributed by atoms with Crippen molar-refractivity contribution in [1.82, 2.24) is 4.98 Å². The highest BCUT2D eigenvalue weighted by Crippen LogP contribution is 2.31. The molecule has 4 aromatic rings. The molecule has 0 radical (unpaired) electrons. The second-order valence-electron chi connectivity index (χ2n) is 9.75. The molecule has 0 amide bonds. The van der Waals surface area contributed by atoms with Gasteiger partial charge in [0, 0.05) is 16.8 Å². The maximum Gasteiger partial charge on any atom is 0.310 e. The van der Waals surface area contributed by atoms with Gasteiger partial charge in [0.15, 0.2) is 0 Å². The number of nitrogens with one attached hydrogen (secondary N) is 1. The summed E-state index contributed by atoms with van der Waals surface area (Å²) in [5.41, 5.74) is 3.59. The highest BCUT2D eigenvalue weighted by Gasteiger charge is 2.18. The smallest absolute Gasteiger partial charge is 0.310 e. The third kappa shape index (κ3) is 8.25. The van der Waals surface area contributed by atoms with Crippen molar-refractivity contribution in [1.29, 1.82) is 0 Å². The molecule has 196 valence electrons. The van der Waals surface area contributed by atoms with Crippen LogP contribution in [0.5, 0.6) is 11.8 Å². The van der Waals surface area contributed by atoms with Gasteiger partial charge < -0.3 is 19.5 Å². The first-order valence-electron chi connectivity index (χ1n) is 12.4. The molecule has 0 bridgehead atoms. The Labute approximate surface area is 228 Å². The number of carbonyl (C=O) groups excluding carboxylic acids is 1. The minimum absolute atomic E-state index is 0.0941. The summed E-state index contributed by atoms with van der Waals surface area (Å²) in [4.78, 5) is 16.8. The van der Waals surface area contributed by atoms with Crippen LogP contribution in [0.15, 0.2) is 91.0 Å². The van der Waals surface area contributed by atoms with E-state index in [4.69, 9.17) is 25.8 Å². The normalized spacial score (nSPS) is 11.1. The largest absolute Gasteiger partial charge is 0.473 e. The Kier molecular flexibility index (Phi) is 8.87. The topological polar surface area (TPSA) is 69.7 Å². The fraction of sp³-hybridized carbons (Fsp3) is 0.226. The summed E-state index contributed by atoms with van der Waals surface area (Å²) >= 11 is 6.50. The van der Waals surface area contributed by atoms with E-state index in [9.17, 15) is 4.79 Å². The van der Waals surface area contributed by atoms with Crippen molar-refractivity contribution < 1.29 is 19.0 Å². The molecule has 1 N–H and O–H groups in total. The molecule has 0 fully saturated rings. The Morgan fingerprint density at radius 2 is 1.47 bits per heavy atom. The van der Waals surface area contributed by atoms with Crippen LogP contribution < -0.4 is 14.8 Å². The first kappa shape index (κ1) is 27.0. The fourth-order valence-corrected chi connectivity index (χ4v) is 3.87. The molecule has 0 aliphatic heterocycles. The number of pyridine rings is 1. The molecular weight excluding hydrogens is 500 g/mol. The SMILES string of the molecule is CC(C)(C)OC(=O)Cc1ccc(Nc2ccc(OCc3ccccc3)nc2OCc2ccccc2)cc1Cl. The van der Waals surface area contributed by atoms with Crippen LogP contribution in [0.2, 0.25) is 5.02 Å². The molecule has 3 aromatic carbocycles. The Morgan fingerprint density at radius 3 is 2.08 bits per heavy atom. The van der Waals surface area contributed by atoms with Gasteiger partial charge in [-0.2, -0.15) is 4.98 Å². The minimum atomic E-state index is -0.550. The van der Waals surface area contributed by atoms with Crippen LogP contribution in [0.25, 0.3) is 0 Å². The highest BCUT2D eigenvalue weighted by atomic mass is 35.5. The maximum absolute atomic E-state index is 12.2. The Balaban J connectivity index is 1.50. The predicted molar refractivity (Wildman–Crippen MR) is 150 cm³/mol. The van der Waals surface area contributed by atoms with Gasteiger partial charge in [0.25, 0.3) is 0 Å². The van der Waals surface area contributed by atoms with Crippen molar-refractivity contribution in [3.63, 3.8) is 0 Å². The van der Waals surface area contributed by atoms with Gasteiger partial charge in [-0.05, 0) is 55.7 Å². The third-order valence-electron chi connectivity index (χ3n) is 5.37. The van der Waals surface area contributed by atoms with Gasteiger partial charge in [0.05, 0.1) is 6.42 Å². The second-order valence-corrected chi connectivity index (χ2v) is 10.2. The average molecular weight is 531 g/mol. The Morgan fingerprint density at radius 1 is 0.842 bits per heavy atom. The predicted octanol–water partition coefficient (Wildman–Crippen LogP) is 7.52. The van der Waals surface area contributed by atoms with Crippen LogP contribution in [0.4, 0.5) is 11.4 Å². The van der Waals surface area contributed by atoms with Crippen LogP contribution in [-0.2, 0) is 29.2 Å². The number of rotatable bonds is 10. The molecular formula is C31H31ClN2O4. The molecule has 0 saturated heterocycles. The summed E-state index contributed by atoms with van der Waals surface area (Å²) in [6, 6.07) is 28.9. The molecule has 0 atom stereocenters. The number of hydrogen-bond donors (Lipinski definition) is 1. The van der Waals surface area contributed by atoms with Gasteiger partial charge in [-0.1, -0.05) is 78.3 Å². The fourth-order valence-electron chi connectivity index (χ4n) is 3.62. The van der Waals surface area contributed by atoms with Crippen LogP contribution >= 0.6 is 11.6 Å². The van der Waals surface area contributed by atoms with Gasteiger partial charge in [-0.15, -0.1) is 0 Å². The number of anilines is 2. The molecule has 7 heteroatoms. The van der Waals surface area contributed by atoms with Crippen molar-refractivity contribution in [2.75, 3.05) is 5.32 Å². The van der Waals surface area contributed by atoms with E-state index in [1.807, 2.05) is 99.6 Å². The number of carbonyl (C=O) groups is 1. The van der Waals surface area contributed by atoms with Crippen molar-refractivity contribution in [2.24, 2.45) is 0 Å². The molecule has 0 aliphatic carbocycles. The Bertz CT molecular complexity index is 1360. The monoisotopic (exact) mass is 530 g/mol. The highest BCUT2D eigenvalue weighted by molar-refractivity contribution is 6.31. The summed E-state index contributed by atoms with van der Waals surface area (Å²) in [6.07, 6.45) is 0.0941. The molecule has 0 unspecified atom stereocenters. The quantitative estimate of drug-likeness (QED) is 0.214. The molecule has 0 spiro atoms. The van der Waals surface area contributed by atoms with Gasteiger partial charge in [0.2, 0.25) is 11.8 Å². The van der Waals surface area contributed by atoms with Gasteiger partial charge in [-0.25, -0.2) is 0 Å². The van der Waals surface area contributed by atoms with Crippen LogP contribution in [0.3, 0.4) is 0 Å². The number of halogens is 1. The summed E-state index contributed by atoms with van der Waals surface area (Å²) < 4.78 is 17.4. The number of nitrogens with zero attached hydrogens (tertiary/aromatic N) is 1. The molecule has 6 nitrogen and oxygen atoms in total. The van der Waals surface area contributed by atoms with Crippen molar-refractivity contribution in [3.8, 4) is 11.8 Å². The zero-order chi connectivity index (χ0) is 27.0. The standard InChI is InChI=1S/C31H31ClN2O4/c1-31(2,3)38-29(35)18-24-14-15-25(19-26(24)32)33-27-16-17-28(36-20-22-10-6-4-7-11-22)34-30(27)37-21-23-12-8-5-9-13-23/h4-17,19,33H,18,20-21H2,1-3H3. The zero-order valence-electron chi connectivity index (χ0n) is 21.7. The van der Waals surface area contributed by atoms with E-state index in [1.165, 1.54) is 0 Å². The lowest BCUT2D eigenvalue weighted by atomic mass is 10.1. The van der Waals surface area contributed by atoms with E-state index in [-0.39, 0.29) is 12.4 Å². The van der Waals surface area contributed by atoms with E-state index in [0.717, 1.165) is 16.8 Å². The van der Waals surface area contributed by atoms with E-state index in [2.05, 4.69) is 10.3 Å². The second kappa shape index (κ2) is 12.5. The average Bonchev–Trinajstić information content (AvgIpc) is 2.89. The van der Waals surface area contributed by atoms with Gasteiger partial charge in [0.1, 0.15) is 24.5 Å². The lowest BCUT2D eigenvalue weighted by Gasteiger charge is -2.19. The summed E-state index contributed by atoms with van der Waals surface area (Å²) in [7, 11) is 0. The Hall–Kier alpha value is -4.03. The number of hydrogen-bond acceptors (Lipinski definition) is 6. The first-order chi connectivity index (χ1) is 18.2. The van der Waals surface area contributed by atoms with Crippen LogP contribution in [-0.4, -0.2) is 16.6 Å². The number of aromatic nitrogens is 1. The van der Waals surface area contributed by atoms with E-state index >= 15 is 0 Å². The minimum Gasteiger partial charge on any atom is -0.473 e. The lowest BCUT2D eigenvalue weighted by molar-refractivity contribution is -0.153. The summed E-state index contributed by atoms with van der Waals surface area (Å²) in [6.45, 7) is 6.25. The van der Waals surface area contributed by atoms with Crippen LogP contribution in [0, 0.1) is 0 Å². The zero-order valence-corrected chi connectivity index (χ0v) is 22.5. The van der Waals surface area contributed by atoms with Crippen molar-refractivity contribution in [3.05, 3.63) is 113 Å². The number of ether oxygens (including phenoxy) is 3. The molecule has 1 heterocycles. The van der Waals surface area contributed by atoms with Gasteiger partial charge >= 0.3 is 5.97 Å². The molecule has 38 heavy (non-hydrogen) atoms. The summed E-state index contributed by atoms with van der Waals surface area (Å²) in [5.74, 6) is 0.522. The van der Waals surface area contributed by atoms with Crippen molar-refractivity contribution >= 4 is 28.9 Å². The summed E-state index contributed by atoms with van der Waals surface area (Å²) in [5, 5.41) is 3.79. The van der Waals surface area contributed by atoms with Gasteiger partial charge in [-0.3, -0.25) is 4.79 Å². The van der Waals surface area contributed by atoms with E-state index < -0.39 is 5.60 Å². The number of esters is 1. The van der Waals surface area contributed by atoms with E-state index in [1.54, 1.807) is 12.1 Å². The molecule has 4 rings (SSSR count). The van der Waals surface area contributed by atoms with Crippen molar-refractivity contribution in [2.45, 2.75) is 46.0 Å². The lowest BCUT2D eigenvalue weighted by Crippen LogP contribution is -2.25. The number of benzene rings is 3. The maximum atomic E-state index is 12.2. The first-order valence-corrected chi connectivity index (χ1v) is 12.7. The molecule has 1 aromatic heterocycles. The van der Waals surface area contributed by atoms with E-state index in [0.29, 0.717) is 41.2 Å². The molecule has 0 saturated carbocycles.